The van der Waals surface area contributed by atoms with Gasteiger partial charge in [0.1, 0.15) is 12.6 Å². The highest BCUT2D eigenvalue weighted by atomic mass is 35.5. The normalized spacial score (nSPS) is 12.0. The number of carbonyl (C=O) groups excluding carboxylic acids is 2. The molecule has 0 aliphatic carbocycles. The van der Waals surface area contributed by atoms with E-state index in [2.05, 4.69) is 5.32 Å². The maximum Gasteiger partial charge on any atom is 0.264 e. The number of sulfonamides is 1. The van der Waals surface area contributed by atoms with Gasteiger partial charge in [-0.15, -0.1) is 0 Å². The van der Waals surface area contributed by atoms with Gasteiger partial charge in [-0.25, -0.2) is 8.42 Å². The third kappa shape index (κ3) is 7.11. The average molecular weight is 542 g/mol. The number of halogens is 1. The zero-order chi connectivity index (χ0) is 27.0. The van der Waals surface area contributed by atoms with Crippen molar-refractivity contribution in [2.24, 2.45) is 0 Å². The molecule has 0 aromatic heterocycles. The molecule has 1 N–H and O–H groups in total. The number of likely N-dealkylation sites (N-methyl/N-ethyl adjacent to an activating group) is 1. The summed E-state index contributed by atoms with van der Waals surface area (Å²) in [5, 5.41) is 2.96. The quantitative estimate of drug-likeness (QED) is 0.389. The lowest BCUT2D eigenvalue weighted by Gasteiger charge is -2.33. The highest BCUT2D eigenvalue weighted by molar-refractivity contribution is 7.92. The smallest absolute Gasteiger partial charge is 0.264 e. The van der Waals surface area contributed by atoms with Crippen LogP contribution in [0.4, 0.5) is 5.69 Å². The van der Waals surface area contributed by atoms with Crippen molar-refractivity contribution in [3.05, 3.63) is 95.0 Å². The molecule has 0 spiro atoms. The number of benzene rings is 3. The van der Waals surface area contributed by atoms with Crippen LogP contribution in [-0.4, -0.2) is 51.3 Å². The van der Waals surface area contributed by atoms with Crippen molar-refractivity contribution in [2.45, 2.75) is 37.6 Å². The molecule has 0 saturated heterocycles. The van der Waals surface area contributed by atoms with Crippen LogP contribution in [0.15, 0.2) is 83.8 Å². The molecule has 37 heavy (non-hydrogen) atoms. The van der Waals surface area contributed by atoms with E-state index in [9.17, 15) is 18.0 Å². The molecule has 2 amide bonds. The number of amides is 2. The molecular formula is C28H32ClN3O4S. The van der Waals surface area contributed by atoms with Crippen molar-refractivity contribution in [1.82, 2.24) is 10.2 Å². The first kappa shape index (κ1) is 28.2. The van der Waals surface area contributed by atoms with E-state index < -0.39 is 28.5 Å². The van der Waals surface area contributed by atoms with E-state index in [0.717, 1.165) is 15.4 Å². The minimum atomic E-state index is -4.11. The number of hydrogen-bond donors (Lipinski definition) is 1. The van der Waals surface area contributed by atoms with Crippen LogP contribution >= 0.6 is 11.6 Å². The predicted molar refractivity (Wildman–Crippen MR) is 147 cm³/mol. The third-order valence-corrected chi connectivity index (χ3v) is 8.12. The van der Waals surface area contributed by atoms with Gasteiger partial charge in [0.05, 0.1) is 10.6 Å². The molecule has 0 heterocycles. The highest BCUT2D eigenvalue weighted by Gasteiger charge is 2.33. The van der Waals surface area contributed by atoms with Crippen molar-refractivity contribution >= 4 is 39.1 Å². The van der Waals surface area contributed by atoms with Gasteiger partial charge in [0.25, 0.3) is 10.0 Å². The Bertz CT molecular complexity index is 1310. The van der Waals surface area contributed by atoms with Gasteiger partial charge in [-0.3, -0.25) is 13.9 Å². The molecule has 3 rings (SSSR count). The van der Waals surface area contributed by atoms with Crippen LogP contribution in [0.3, 0.4) is 0 Å². The largest absolute Gasteiger partial charge is 0.357 e. The molecule has 0 aliphatic rings. The minimum absolute atomic E-state index is 0.0556. The standard InChI is InChI=1S/C28H32ClN3O4S/c1-4-26(28(34)30-3)31(18-17-22-9-6-5-7-10-22)27(33)20-32(24-12-8-11-23(29)19-24)37(35,36)25-15-13-21(2)14-16-25/h5-16,19,26H,4,17-18,20H2,1-3H3,(H,30,34)/t26-/m0/s1. The Morgan fingerprint density at radius 1 is 0.973 bits per heavy atom. The first-order valence-corrected chi connectivity index (χ1v) is 13.9. The Labute approximate surface area is 224 Å². The zero-order valence-corrected chi connectivity index (χ0v) is 22.8. The van der Waals surface area contributed by atoms with Gasteiger partial charge in [0.15, 0.2) is 0 Å². The van der Waals surface area contributed by atoms with Gasteiger partial charge in [-0.1, -0.05) is 72.6 Å². The summed E-state index contributed by atoms with van der Waals surface area (Å²) in [5.74, 6) is -0.790. The second-order valence-corrected chi connectivity index (χ2v) is 11.0. The molecule has 3 aromatic rings. The molecule has 0 radical (unpaired) electrons. The summed E-state index contributed by atoms with van der Waals surface area (Å²) in [6.45, 7) is 3.45. The van der Waals surface area contributed by atoms with Crippen LogP contribution in [0.1, 0.15) is 24.5 Å². The first-order chi connectivity index (χ1) is 17.7. The lowest BCUT2D eigenvalue weighted by Crippen LogP contribution is -2.52. The summed E-state index contributed by atoms with van der Waals surface area (Å²) in [4.78, 5) is 28.0. The summed E-state index contributed by atoms with van der Waals surface area (Å²) in [6, 6.07) is 21.7. The van der Waals surface area contributed by atoms with E-state index in [0.29, 0.717) is 17.9 Å². The fourth-order valence-corrected chi connectivity index (χ4v) is 5.65. The zero-order valence-electron chi connectivity index (χ0n) is 21.2. The number of anilines is 1. The van der Waals surface area contributed by atoms with Crippen molar-refractivity contribution in [3.8, 4) is 0 Å². The van der Waals surface area contributed by atoms with Crippen LogP contribution in [0.5, 0.6) is 0 Å². The fraction of sp³-hybridized carbons (Fsp3) is 0.286. The second kappa shape index (κ2) is 12.7. The highest BCUT2D eigenvalue weighted by Crippen LogP contribution is 2.27. The number of hydrogen-bond acceptors (Lipinski definition) is 4. The molecule has 3 aromatic carbocycles. The molecule has 1 atom stereocenters. The summed E-state index contributed by atoms with van der Waals surface area (Å²) >= 11 is 6.19. The van der Waals surface area contributed by atoms with Crippen molar-refractivity contribution in [1.29, 1.82) is 0 Å². The molecule has 0 saturated carbocycles. The average Bonchev–Trinajstić information content (AvgIpc) is 2.89. The molecule has 0 fully saturated rings. The Morgan fingerprint density at radius 3 is 2.24 bits per heavy atom. The molecule has 9 heteroatoms. The monoisotopic (exact) mass is 541 g/mol. The maximum atomic E-state index is 13.8. The summed E-state index contributed by atoms with van der Waals surface area (Å²) in [6.07, 6.45) is 0.893. The van der Waals surface area contributed by atoms with Gasteiger partial charge >= 0.3 is 0 Å². The van der Waals surface area contributed by atoms with Gasteiger partial charge in [-0.2, -0.15) is 0 Å². The second-order valence-electron chi connectivity index (χ2n) is 8.67. The van der Waals surface area contributed by atoms with Crippen LogP contribution in [0.25, 0.3) is 0 Å². The fourth-order valence-electron chi connectivity index (χ4n) is 4.06. The van der Waals surface area contributed by atoms with Crippen LogP contribution < -0.4 is 9.62 Å². The van der Waals surface area contributed by atoms with Crippen LogP contribution in [0.2, 0.25) is 5.02 Å². The molecule has 7 nitrogen and oxygen atoms in total. The van der Waals surface area contributed by atoms with E-state index in [-0.39, 0.29) is 23.0 Å². The van der Waals surface area contributed by atoms with Gasteiger partial charge in [-0.05, 0) is 55.7 Å². The molecule has 196 valence electrons. The van der Waals surface area contributed by atoms with Crippen LogP contribution in [0, 0.1) is 6.92 Å². The summed E-state index contributed by atoms with van der Waals surface area (Å²) < 4.78 is 28.6. The molecular weight excluding hydrogens is 510 g/mol. The third-order valence-electron chi connectivity index (χ3n) is 6.10. The van der Waals surface area contributed by atoms with E-state index in [1.165, 1.54) is 30.1 Å². The number of rotatable bonds is 11. The Balaban J connectivity index is 2.00. The maximum absolute atomic E-state index is 13.8. The molecule has 0 bridgehead atoms. The Kier molecular flexibility index (Phi) is 9.72. The van der Waals surface area contributed by atoms with Gasteiger partial charge < -0.3 is 10.2 Å². The molecule has 0 aliphatic heterocycles. The number of carbonyl (C=O) groups is 2. The van der Waals surface area contributed by atoms with Crippen LogP contribution in [-0.2, 0) is 26.0 Å². The predicted octanol–water partition coefficient (Wildman–Crippen LogP) is 4.44. The number of nitrogens with one attached hydrogen (secondary N) is 1. The molecule has 0 unspecified atom stereocenters. The lowest BCUT2D eigenvalue weighted by atomic mass is 10.1. The summed E-state index contributed by atoms with van der Waals surface area (Å²) in [5.41, 5.74) is 2.18. The SMILES string of the molecule is CC[C@@H](C(=O)NC)N(CCc1ccccc1)C(=O)CN(c1cccc(Cl)c1)S(=O)(=O)c1ccc(C)cc1. The van der Waals surface area contributed by atoms with E-state index >= 15 is 0 Å². The topological polar surface area (TPSA) is 86.8 Å². The Hall–Kier alpha value is -3.36. The van der Waals surface area contributed by atoms with E-state index in [1.807, 2.05) is 44.2 Å². The van der Waals surface area contributed by atoms with Gasteiger partial charge in [0.2, 0.25) is 11.8 Å². The van der Waals surface area contributed by atoms with E-state index in [4.69, 9.17) is 11.6 Å². The van der Waals surface area contributed by atoms with Crippen molar-refractivity contribution in [2.75, 3.05) is 24.4 Å². The van der Waals surface area contributed by atoms with Crippen molar-refractivity contribution < 1.29 is 18.0 Å². The minimum Gasteiger partial charge on any atom is -0.357 e. The number of nitrogens with zero attached hydrogens (tertiary/aromatic N) is 2. The van der Waals surface area contributed by atoms with E-state index in [1.54, 1.807) is 30.3 Å². The Morgan fingerprint density at radius 2 is 1.65 bits per heavy atom. The number of aryl methyl sites for hydroxylation is 1. The first-order valence-electron chi connectivity index (χ1n) is 12.1. The van der Waals surface area contributed by atoms with Gasteiger partial charge in [0, 0.05) is 18.6 Å². The lowest BCUT2D eigenvalue weighted by molar-refractivity contribution is -0.139. The summed E-state index contributed by atoms with van der Waals surface area (Å²) in [7, 11) is -2.60. The van der Waals surface area contributed by atoms with Crippen molar-refractivity contribution in [3.63, 3.8) is 0 Å².